The minimum absolute atomic E-state index is 0.0359. The number of aromatic amines is 1. The number of rotatable bonds is 3. The Morgan fingerprint density at radius 3 is 2.83 bits per heavy atom. The lowest BCUT2D eigenvalue weighted by Crippen LogP contribution is -2.43. The van der Waals surface area contributed by atoms with Crippen molar-refractivity contribution in [2.75, 3.05) is 0 Å². The molecule has 2 amide bonds. The van der Waals surface area contributed by atoms with Crippen LogP contribution in [0.1, 0.15) is 21.7 Å². The normalized spacial score (nSPS) is 10.7. The molecule has 1 aromatic carbocycles. The number of aromatic nitrogens is 4. The lowest BCUT2D eigenvalue weighted by atomic mass is 10.1. The molecule has 8 heteroatoms. The quantitative estimate of drug-likeness (QED) is 0.623. The molecule has 8 nitrogen and oxygen atoms in total. The van der Waals surface area contributed by atoms with Gasteiger partial charge in [-0.3, -0.25) is 30.2 Å². The van der Waals surface area contributed by atoms with Crippen molar-refractivity contribution < 1.29 is 9.59 Å². The second-order valence-electron chi connectivity index (χ2n) is 5.23. The van der Waals surface area contributed by atoms with E-state index < -0.39 is 5.91 Å². The third kappa shape index (κ3) is 3.05. The first kappa shape index (κ1) is 14.8. The molecule has 3 N–H and O–H groups in total. The van der Waals surface area contributed by atoms with Gasteiger partial charge in [0.1, 0.15) is 6.54 Å². The van der Waals surface area contributed by atoms with Crippen LogP contribution in [0.15, 0.2) is 30.5 Å². The van der Waals surface area contributed by atoms with E-state index in [1.54, 1.807) is 23.0 Å². The summed E-state index contributed by atoms with van der Waals surface area (Å²) in [5, 5.41) is 11.7. The summed E-state index contributed by atoms with van der Waals surface area (Å²) in [5.41, 5.74) is 7.54. The van der Waals surface area contributed by atoms with Gasteiger partial charge in [0.25, 0.3) is 11.8 Å². The molecule has 0 atom stereocenters. The van der Waals surface area contributed by atoms with Crippen molar-refractivity contribution in [1.82, 2.24) is 30.8 Å². The van der Waals surface area contributed by atoms with E-state index in [0.717, 1.165) is 16.8 Å². The van der Waals surface area contributed by atoms with Crippen LogP contribution >= 0.6 is 0 Å². The molecule has 2 heterocycles. The summed E-state index contributed by atoms with van der Waals surface area (Å²) in [6.45, 7) is 3.76. The fourth-order valence-electron chi connectivity index (χ4n) is 2.36. The molecule has 0 spiro atoms. The highest BCUT2D eigenvalue weighted by Crippen LogP contribution is 2.14. The van der Waals surface area contributed by atoms with Crippen LogP contribution in [0.25, 0.3) is 10.9 Å². The first-order valence-corrected chi connectivity index (χ1v) is 7.07. The Kier molecular flexibility index (Phi) is 3.80. The van der Waals surface area contributed by atoms with Gasteiger partial charge < -0.3 is 0 Å². The van der Waals surface area contributed by atoms with Crippen molar-refractivity contribution in [3.05, 3.63) is 47.4 Å². The lowest BCUT2D eigenvalue weighted by molar-refractivity contribution is -0.122. The molecule has 0 bridgehead atoms. The number of benzene rings is 1. The molecule has 3 aromatic rings. The first-order chi connectivity index (χ1) is 11.0. The zero-order chi connectivity index (χ0) is 16.4. The zero-order valence-electron chi connectivity index (χ0n) is 12.8. The van der Waals surface area contributed by atoms with E-state index in [9.17, 15) is 9.59 Å². The van der Waals surface area contributed by atoms with Crippen LogP contribution in [-0.4, -0.2) is 31.8 Å². The van der Waals surface area contributed by atoms with Crippen molar-refractivity contribution in [3.8, 4) is 0 Å². The number of para-hydroxylation sites is 1. The van der Waals surface area contributed by atoms with Crippen molar-refractivity contribution in [2.24, 2.45) is 0 Å². The molecule has 23 heavy (non-hydrogen) atoms. The van der Waals surface area contributed by atoms with Gasteiger partial charge in [-0.15, -0.1) is 0 Å². The van der Waals surface area contributed by atoms with Crippen LogP contribution in [-0.2, 0) is 11.3 Å². The molecule has 0 saturated heterocycles. The topological polar surface area (TPSA) is 105 Å². The Morgan fingerprint density at radius 2 is 2.09 bits per heavy atom. The van der Waals surface area contributed by atoms with Crippen LogP contribution < -0.4 is 10.9 Å². The Morgan fingerprint density at radius 1 is 1.26 bits per heavy atom. The second kappa shape index (κ2) is 5.91. The minimum atomic E-state index is -0.415. The number of H-pyrrole nitrogens is 1. The fraction of sp³-hybridized carbons (Fsp3) is 0.200. The lowest BCUT2D eigenvalue weighted by Gasteiger charge is -2.09. The Hall–Kier alpha value is -3.16. The predicted octanol–water partition coefficient (Wildman–Crippen LogP) is 0.837. The Bertz CT molecular complexity index is 879. The van der Waals surface area contributed by atoms with Crippen LogP contribution in [0.5, 0.6) is 0 Å². The predicted molar refractivity (Wildman–Crippen MR) is 83.4 cm³/mol. The maximum absolute atomic E-state index is 12.2. The molecule has 0 aliphatic carbocycles. The van der Waals surface area contributed by atoms with Crippen molar-refractivity contribution >= 4 is 22.7 Å². The highest BCUT2D eigenvalue weighted by atomic mass is 16.2. The first-order valence-electron chi connectivity index (χ1n) is 7.07. The number of hydrogen-bond acceptors (Lipinski definition) is 4. The van der Waals surface area contributed by atoms with E-state index in [0.29, 0.717) is 11.1 Å². The van der Waals surface area contributed by atoms with E-state index in [4.69, 9.17) is 0 Å². The number of fused-ring (bicyclic) bond motifs is 1. The summed E-state index contributed by atoms with van der Waals surface area (Å²) in [6, 6.07) is 7.13. The smallest absolute Gasteiger partial charge is 0.271 e. The van der Waals surface area contributed by atoms with E-state index in [1.165, 1.54) is 0 Å². The van der Waals surface area contributed by atoms with Crippen LogP contribution in [0.3, 0.4) is 0 Å². The van der Waals surface area contributed by atoms with Gasteiger partial charge in [0, 0.05) is 11.1 Å². The molecule has 3 rings (SSSR count). The minimum Gasteiger partial charge on any atom is -0.277 e. The number of nitrogens with zero attached hydrogens (tertiary/aromatic N) is 3. The Balaban J connectivity index is 1.64. The Labute approximate surface area is 131 Å². The third-order valence-electron chi connectivity index (χ3n) is 3.43. The molecular weight excluding hydrogens is 296 g/mol. The number of aryl methyl sites for hydroxylation is 2. The zero-order valence-corrected chi connectivity index (χ0v) is 12.8. The summed E-state index contributed by atoms with van der Waals surface area (Å²) in [4.78, 5) is 24.1. The highest BCUT2D eigenvalue weighted by Gasteiger charge is 2.13. The largest absolute Gasteiger partial charge is 0.277 e. The monoisotopic (exact) mass is 312 g/mol. The number of carbonyl (C=O) groups is 2. The number of hydrogen-bond donors (Lipinski definition) is 3. The molecule has 2 aromatic heterocycles. The average molecular weight is 312 g/mol. The molecule has 0 unspecified atom stereocenters. The summed E-state index contributed by atoms with van der Waals surface area (Å²) in [6.07, 6.45) is 1.63. The highest BCUT2D eigenvalue weighted by molar-refractivity contribution is 6.05. The maximum Gasteiger partial charge on any atom is 0.271 e. The van der Waals surface area contributed by atoms with Gasteiger partial charge in [0.2, 0.25) is 0 Å². The van der Waals surface area contributed by atoms with Crippen molar-refractivity contribution in [1.29, 1.82) is 0 Å². The number of amides is 2. The van der Waals surface area contributed by atoms with E-state index in [-0.39, 0.29) is 12.5 Å². The van der Waals surface area contributed by atoms with E-state index >= 15 is 0 Å². The van der Waals surface area contributed by atoms with E-state index in [1.807, 2.05) is 26.0 Å². The van der Waals surface area contributed by atoms with Crippen LogP contribution in [0.2, 0.25) is 0 Å². The van der Waals surface area contributed by atoms with Crippen LogP contribution in [0, 0.1) is 13.8 Å². The maximum atomic E-state index is 12.2. The SMILES string of the molecule is Cc1cc(C)n(CC(=O)NNC(=O)c2cccc3cn[nH]c23)n1. The van der Waals surface area contributed by atoms with Gasteiger partial charge in [-0.2, -0.15) is 10.2 Å². The molecule has 0 fully saturated rings. The molecule has 0 saturated carbocycles. The number of nitrogens with one attached hydrogen (secondary N) is 3. The van der Waals surface area contributed by atoms with E-state index in [2.05, 4.69) is 26.1 Å². The van der Waals surface area contributed by atoms with Gasteiger partial charge in [-0.25, -0.2) is 0 Å². The van der Waals surface area contributed by atoms with Crippen LogP contribution in [0.4, 0.5) is 0 Å². The molecule has 0 radical (unpaired) electrons. The van der Waals surface area contributed by atoms with Gasteiger partial charge in [0.15, 0.2) is 0 Å². The summed E-state index contributed by atoms with van der Waals surface area (Å²) in [5.74, 6) is -0.775. The summed E-state index contributed by atoms with van der Waals surface area (Å²) < 4.78 is 1.58. The van der Waals surface area contributed by atoms with Gasteiger partial charge >= 0.3 is 0 Å². The summed E-state index contributed by atoms with van der Waals surface area (Å²) in [7, 11) is 0. The average Bonchev–Trinajstić information content (AvgIpc) is 3.11. The fourth-order valence-corrected chi connectivity index (χ4v) is 2.36. The molecule has 0 aliphatic rings. The standard InChI is InChI=1S/C15H16N6O2/c1-9-6-10(2)21(20-9)8-13(22)17-19-15(23)12-5-3-4-11-7-16-18-14(11)12/h3-7H,8H2,1-2H3,(H,16,18)(H,17,22)(H,19,23). The van der Waals surface area contributed by atoms with Gasteiger partial charge in [-0.1, -0.05) is 12.1 Å². The number of hydrazine groups is 1. The third-order valence-corrected chi connectivity index (χ3v) is 3.43. The summed E-state index contributed by atoms with van der Waals surface area (Å²) >= 11 is 0. The second-order valence-corrected chi connectivity index (χ2v) is 5.23. The van der Waals surface area contributed by atoms with Crippen molar-refractivity contribution in [3.63, 3.8) is 0 Å². The molecule has 0 aliphatic heterocycles. The van der Waals surface area contributed by atoms with Gasteiger partial charge in [-0.05, 0) is 26.0 Å². The number of carbonyl (C=O) groups excluding carboxylic acids is 2. The molecule has 118 valence electrons. The van der Waals surface area contributed by atoms with Gasteiger partial charge in [0.05, 0.1) is 23.0 Å². The van der Waals surface area contributed by atoms with Crippen molar-refractivity contribution in [2.45, 2.75) is 20.4 Å². The molecular formula is C15H16N6O2.